The molecule has 0 bridgehead atoms. The fourth-order valence-corrected chi connectivity index (χ4v) is 3.52. The summed E-state index contributed by atoms with van der Waals surface area (Å²) in [5.74, 6) is 0.904. The summed E-state index contributed by atoms with van der Waals surface area (Å²) in [5.41, 5.74) is 7.85. The zero-order valence-corrected chi connectivity index (χ0v) is 13.5. The molecule has 2 N–H and O–H groups in total. The van der Waals surface area contributed by atoms with Gasteiger partial charge in [-0.3, -0.25) is 0 Å². The first-order chi connectivity index (χ1) is 10.2. The minimum atomic E-state index is 0.415. The summed E-state index contributed by atoms with van der Waals surface area (Å²) in [7, 11) is 0. The normalized spacial score (nSPS) is 15.3. The first kappa shape index (κ1) is 14.2. The molecule has 0 aromatic carbocycles. The maximum Gasteiger partial charge on any atom is 0.185 e. The van der Waals surface area contributed by atoms with E-state index in [1.807, 2.05) is 30.8 Å². The largest absolute Gasteiger partial charge is 0.389 e. The lowest BCUT2D eigenvalue weighted by molar-refractivity contribution is 0.645. The van der Waals surface area contributed by atoms with E-state index in [1.54, 1.807) is 11.3 Å². The van der Waals surface area contributed by atoms with E-state index in [9.17, 15) is 0 Å². The second-order valence-electron chi connectivity index (χ2n) is 4.98. The highest BCUT2D eigenvalue weighted by atomic mass is 32.1. The lowest BCUT2D eigenvalue weighted by Gasteiger charge is -2.36. The van der Waals surface area contributed by atoms with Crippen molar-refractivity contribution in [2.45, 2.75) is 6.92 Å². The minimum Gasteiger partial charge on any atom is -0.389 e. The van der Waals surface area contributed by atoms with Gasteiger partial charge in [0.25, 0.3) is 0 Å². The Morgan fingerprint density at radius 2 is 1.90 bits per heavy atom. The Bertz CT molecular complexity index is 633. The molecule has 7 heteroatoms. The Morgan fingerprint density at radius 1 is 1.19 bits per heavy atom. The van der Waals surface area contributed by atoms with Crippen LogP contribution in [0.2, 0.25) is 0 Å². The Balaban J connectivity index is 1.78. The van der Waals surface area contributed by atoms with Gasteiger partial charge in [0.2, 0.25) is 0 Å². The SMILES string of the molecule is Cc1ccnc(N2CCN(c3nccs3)CC2)c1C(N)=S. The van der Waals surface area contributed by atoms with Crippen molar-refractivity contribution in [2.75, 3.05) is 36.0 Å². The smallest absolute Gasteiger partial charge is 0.185 e. The van der Waals surface area contributed by atoms with Gasteiger partial charge < -0.3 is 15.5 Å². The molecule has 2 aromatic heterocycles. The zero-order valence-electron chi connectivity index (χ0n) is 11.8. The number of hydrogen-bond acceptors (Lipinski definition) is 6. The van der Waals surface area contributed by atoms with Crippen molar-refractivity contribution in [2.24, 2.45) is 5.73 Å². The molecule has 3 heterocycles. The second kappa shape index (κ2) is 5.95. The summed E-state index contributed by atoms with van der Waals surface area (Å²) in [6.07, 6.45) is 3.67. The molecule has 0 spiro atoms. The van der Waals surface area contributed by atoms with Crippen LogP contribution in [0, 0.1) is 6.92 Å². The van der Waals surface area contributed by atoms with E-state index in [1.165, 1.54) is 0 Å². The molecule has 110 valence electrons. The molecule has 1 aliphatic rings. The molecule has 0 unspecified atom stereocenters. The molecule has 5 nitrogen and oxygen atoms in total. The molecule has 0 amide bonds. The summed E-state index contributed by atoms with van der Waals surface area (Å²) in [5, 5.41) is 3.09. The van der Waals surface area contributed by atoms with E-state index >= 15 is 0 Å². The van der Waals surface area contributed by atoms with Gasteiger partial charge in [-0.05, 0) is 18.6 Å². The number of nitrogens with two attached hydrogens (primary N) is 1. The van der Waals surface area contributed by atoms with Gasteiger partial charge in [0, 0.05) is 44.0 Å². The number of piperazine rings is 1. The first-order valence-corrected chi connectivity index (χ1v) is 8.10. The number of thiocarbonyl (C=S) groups is 1. The first-order valence-electron chi connectivity index (χ1n) is 6.81. The summed E-state index contributed by atoms with van der Waals surface area (Å²) < 4.78 is 0. The molecule has 1 fully saturated rings. The van der Waals surface area contributed by atoms with Crippen LogP contribution in [0.3, 0.4) is 0 Å². The fraction of sp³-hybridized carbons (Fsp3) is 0.357. The topological polar surface area (TPSA) is 58.3 Å². The molecule has 0 atom stereocenters. The fourth-order valence-electron chi connectivity index (χ4n) is 2.57. The standard InChI is InChI=1S/C14H17N5S2/c1-10-2-3-16-13(11(10)12(15)20)18-5-7-19(8-6-18)14-17-4-9-21-14/h2-4,9H,5-8H2,1H3,(H2,15,20). The number of thiazole rings is 1. The lowest BCUT2D eigenvalue weighted by atomic mass is 10.1. The molecule has 1 saturated heterocycles. The molecule has 2 aromatic rings. The van der Waals surface area contributed by atoms with Gasteiger partial charge in [-0.1, -0.05) is 12.2 Å². The molecule has 0 saturated carbocycles. The molecule has 0 radical (unpaired) electrons. The second-order valence-corrected chi connectivity index (χ2v) is 6.29. The third kappa shape index (κ3) is 2.84. The van der Waals surface area contributed by atoms with Crippen molar-refractivity contribution < 1.29 is 0 Å². The molecule has 21 heavy (non-hydrogen) atoms. The minimum absolute atomic E-state index is 0.415. The lowest BCUT2D eigenvalue weighted by Crippen LogP contribution is -2.47. The van der Waals surface area contributed by atoms with Crippen LogP contribution in [0.5, 0.6) is 0 Å². The summed E-state index contributed by atoms with van der Waals surface area (Å²) >= 11 is 6.86. The van der Waals surface area contributed by atoms with E-state index < -0.39 is 0 Å². The van der Waals surface area contributed by atoms with E-state index in [0.717, 1.165) is 48.3 Å². The Labute approximate surface area is 133 Å². The Morgan fingerprint density at radius 3 is 2.52 bits per heavy atom. The molecule has 1 aliphatic heterocycles. The number of pyridine rings is 1. The quantitative estimate of drug-likeness (QED) is 0.871. The molecule has 3 rings (SSSR count). The predicted molar refractivity (Wildman–Crippen MR) is 91.4 cm³/mol. The number of rotatable bonds is 3. The van der Waals surface area contributed by atoms with E-state index in [0.29, 0.717) is 4.99 Å². The van der Waals surface area contributed by atoms with Gasteiger partial charge in [0.15, 0.2) is 5.13 Å². The zero-order chi connectivity index (χ0) is 14.8. The Hall–Kier alpha value is -1.73. The van der Waals surface area contributed by atoms with Crippen molar-refractivity contribution in [1.82, 2.24) is 9.97 Å². The highest BCUT2D eigenvalue weighted by Crippen LogP contribution is 2.24. The average Bonchev–Trinajstić information content (AvgIpc) is 3.01. The van der Waals surface area contributed by atoms with Crippen LogP contribution in [-0.2, 0) is 0 Å². The number of aromatic nitrogens is 2. The third-order valence-corrected chi connectivity index (χ3v) is 4.69. The van der Waals surface area contributed by atoms with Gasteiger partial charge in [0.1, 0.15) is 10.8 Å². The van der Waals surface area contributed by atoms with E-state index in [2.05, 4.69) is 19.8 Å². The summed E-state index contributed by atoms with van der Waals surface area (Å²) in [6.45, 7) is 5.67. The molecular weight excluding hydrogens is 302 g/mol. The number of anilines is 2. The maximum absolute atomic E-state index is 5.87. The van der Waals surface area contributed by atoms with Crippen molar-refractivity contribution in [3.8, 4) is 0 Å². The van der Waals surface area contributed by atoms with Gasteiger partial charge in [-0.2, -0.15) is 0 Å². The van der Waals surface area contributed by atoms with E-state index in [-0.39, 0.29) is 0 Å². The molecule has 0 aliphatic carbocycles. The number of nitrogens with zero attached hydrogens (tertiary/aromatic N) is 4. The number of aryl methyl sites for hydroxylation is 1. The van der Waals surface area contributed by atoms with Crippen LogP contribution in [0.25, 0.3) is 0 Å². The molecular formula is C14H17N5S2. The highest BCUT2D eigenvalue weighted by Gasteiger charge is 2.22. The van der Waals surface area contributed by atoms with Crippen molar-refractivity contribution in [3.63, 3.8) is 0 Å². The summed E-state index contributed by atoms with van der Waals surface area (Å²) in [4.78, 5) is 13.8. The highest BCUT2D eigenvalue weighted by molar-refractivity contribution is 7.80. The van der Waals surface area contributed by atoms with Crippen LogP contribution >= 0.6 is 23.6 Å². The van der Waals surface area contributed by atoms with Crippen molar-refractivity contribution in [3.05, 3.63) is 35.0 Å². The van der Waals surface area contributed by atoms with Gasteiger partial charge >= 0.3 is 0 Å². The van der Waals surface area contributed by atoms with Crippen molar-refractivity contribution in [1.29, 1.82) is 0 Å². The average molecular weight is 319 g/mol. The third-order valence-electron chi connectivity index (χ3n) is 3.65. The van der Waals surface area contributed by atoms with E-state index in [4.69, 9.17) is 18.0 Å². The van der Waals surface area contributed by atoms with Gasteiger partial charge in [0.05, 0.1) is 5.56 Å². The van der Waals surface area contributed by atoms with Crippen molar-refractivity contribution >= 4 is 39.5 Å². The van der Waals surface area contributed by atoms with Gasteiger partial charge in [-0.25, -0.2) is 9.97 Å². The van der Waals surface area contributed by atoms with Crippen LogP contribution < -0.4 is 15.5 Å². The van der Waals surface area contributed by atoms with Crippen LogP contribution in [0.4, 0.5) is 10.9 Å². The van der Waals surface area contributed by atoms with Crippen LogP contribution in [0.1, 0.15) is 11.1 Å². The van der Waals surface area contributed by atoms with Gasteiger partial charge in [-0.15, -0.1) is 11.3 Å². The van der Waals surface area contributed by atoms with Crippen LogP contribution in [-0.4, -0.2) is 41.1 Å². The monoisotopic (exact) mass is 319 g/mol. The predicted octanol–water partition coefficient (Wildman–Crippen LogP) is 1.81. The summed E-state index contributed by atoms with van der Waals surface area (Å²) in [6, 6.07) is 1.95. The number of hydrogen-bond donors (Lipinski definition) is 1. The Kier molecular flexibility index (Phi) is 4.03. The maximum atomic E-state index is 5.87. The van der Waals surface area contributed by atoms with Crippen LogP contribution in [0.15, 0.2) is 23.8 Å².